The van der Waals surface area contributed by atoms with Crippen molar-refractivity contribution in [3.63, 3.8) is 0 Å². The smallest absolute Gasteiger partial charge is 0.255 e. The quantitative estimate of drug-likeness (QED) is 0.278. The van der Waals surface area contributed by atoms with Crippen molar-refractivity contribution in [2.24, 2.45) is 5.92 Å². The summed E-state index contributed by atoms with van der Waals surface area (Å²) in [5.74, 6) is -0.540. The van der Waals surface area contributed by atoms with Crippen LogP contribution in [0.2, 0.25) is 4.34 Å². The average molecular weight is 601 g/mol. The molecule has 1 aliphatic heterocycles. The minimum atomic E-state index is -3.42. The first-order valence-electron chi connectivity index (χ1n) is 13.3. The lowest BCUT2D eigenvalue weighted by Gasteiger charge is -2.35. The van der Waals surface area contributed by atoms with Crippen LogP contribution in [0.5, 0.6) is 5.75 Å². The number of benzene rings is 2. The van der Waals surface area contributed by atoms with Crippen molar-refractivity contribution < 1.29 is 23.1 Å². The first-order valence-corrected chi connectivity index (χ1v) is 16.0. The molecule has 40 heavy (non-hydrogen) atoms. The second-order valence-electron chi connectivity index (χ2n) is 10.3. The van der Waals surface area contributed by atoms with Gasteiger partial charge in [0.25, 0.3) is 5.91 Å². The van der Waals surface area contributed by atoms with E-state index in [0.717, 1.165) is 23.2 Å². The van der Waals surface area contributed by atoms with Gasteiger partial charge in [-0.2, -0.15) is 5.10 Å². The van der Waals surface area contributed by atoms with Gasteiger partial charge < -0.3 is 15.2 Å². The zero-order valence-corrected chi connectivity index (χ0v) is 24.0. The standard InChI is InChI=1S/C28H29ClN4O5S2/c29-25-16-31-28(39-25)26(17-9-11-38-12-10-17)23(15-30-27(35)21-3-1-2-4-24(21)34)33-22-13-20(6-5-18(22)14-32-33)40(36,37)19-7-8-19/h1-6,13-14,16-17,19,23,26,34H,7-12,15H2,(H,30,35). The van der Waals surface area contributed by atoms with E-state index in [1.165, 1.54) is 17.4 Å². The van der Waals surface area contributed by atoms with Gasteiger partial charge >= 0.3 is 0 Å². The van der Waals surface area contributed by atoms with Crippen molar-refractivity contribution in [3.05, 3.63) is 69.8 Å². The van der Waals surface area contributed by atoms with E-state index < -0.39 is 21.8 Å². The molecule has 2 N–H and O–H groups in total. The van der Waals surface area contributed by atoms with Gasteiger partial charge in [-0.05, 0) is 61.9 Å². The third kappa shape index (κ3) is 5.35. The molecular weight excluding hydrogens is 572 g/mol. The van der Waals surface area contributed by atoms with E-state index in [9.17, 15) is 18.3 Å². The number of nitrogens with one attached hydrogen (secondary N) is 1. The number of halogens is 1. The van der Waals surface area contributed by atoms with E-state index in [4.69, 9.17) is 21.4 Å². The average Bonchev–Trinajstić information content (AvgIpc) is 3.63. The molecular formula is C28H29ClN4O5S2. The van der Waals surface area contributed by atoms with Crippen molar-refractivity contribution in [1.29, 1.82) is 0 Å². The number of hydrogen-bond acceptors (Lipinski definition) is 8. The normalized spacial score (nSPS) is 18.0. The number of sulfone groups is 1. The van der Waals surface area contributed by atoms with Gasteiger partial charge in [-0.15, -0.1) is 11.3 Å². The van der Waals surface area contributed by atoms with Crippen LogP contribution in [-0.2, 0) is 14.6 Å². The van der Waals surface area contributed by atoms with E-state index in [-0.39, 0.29) is 39.8 Å². The number of para-hydroxylation sites is 1. The van der Waals surface area contributed by atoms with Crippen molar-refractivity contribution in [1.82, 2.24) is 20.1 Å². The fourth-order valence-corrected chi connectivity index (χ4v) is 8.39. The molecule has 1 amide bonds. The molecule has 2 atom stereocenters. The third-order valence-electron chi connectivity index (χ3n) is 7.77. The predicted molar refractivity (Wildman–Crippen MR) is 153 cm³/mol. The summed E-state index contributed by atoms with van der Waals surface area (Å²) in [7, 11) is -3.42. The highest BCUT2D eigenvalue weighted by Gasteiger charge is 2.39. The highest BCUT2D eigenvalue weighted by Crippen LogP contribution is 2.43. The monoisotopic (exact) mass is 600 g/mol. The van der Waals surface area contributed by atoms with E-state index in [0.29, 0.717) is 35.9 Å². The molecule has 0 bridgehead atoms. The van der Waals surface area contributed by atoms with Crippen LogP contribution in [0.4, 0.5) is 0 Å². The van der Waals surface area contributed by atoms with Gasteiger partial charge in [0.2, 0.25) is 0 Å². The highest BCUT2D eigenvalue weighted by molar-refractivity contribution is 7.92. The van der Waals surface area contributed by atoms with Crippen LogP contribution < -0.4 is 5.32 Å². The Morgan fingerprint density at radius 1 is 1.15 bits per heavy atom. The topological polar surface area (TPSA) is 123 Å². The summed E-state index contributed by atoms with van der Waals surface area (Å²) >= 11 is 7.74. The minimum absolute atomic E-state index is 0.108. The maximum atomic E-state index is 13.2. The third-order valence-corrected chi connectivity index (χ3v) is 11.2. The van der Waals surface area contributed by atoms with Crippen LogP contribution in [0.3, 0.4) is 0 Å². The second kappa shape index (κ2) is 11.1. The number of aromatic hydroxyl groups is 1. The fourth-order valence-electron chi connectivity index (χ4n) is 5.53. The Kier molecular flexibility index (Phi) is 7.56. The van der Waals surface area contributed by atoms with Crippen LogP contribution in [0.1, 0.15) is 53.0 Å². The molecule has 3 heterocycles. The van der Waals surface area contributed by atoms with Crippen LogP contribution in [-0.4, -0.2) is 59.2 Å². The minimum Gasteiger partial charge on any atom is -0.507 e. The van der Waals surface area contributed by atoms with Gasteiger partial charge in [0.15, 0.2) is 9.84 Å². The number of phenols is 1. The van der Waals surface area contributed by atoms with E-state index in [1.807, 2.05) is 4.68 Å². The summed E-state index contributed by atoms with van der Waals surface area (Å²) in [6.07, 6.45) is 6.30. The zero-order chi connectivity index (χ0) is 27.9. The molecule has 0 spiro atoms. The molecule has 210 valence electrons. The number of amides is 1. The van der Waals surface area contributed by atoms with E-state index in [1.54, 1.807) is 48.8 Å². The van der Waals surface area contributed by atoms with Gasteiger partial charge in [-0.1, -0.05) is 23.7 Å². The number of carbonyl (C=O) groups is 1. The molecule has 1 saturated heterocycles. The molecule has 6 rings (SSSR count). The fraction of sp³-hybridized carbons (Fsp3) is 0.393. The SMILES string of the molecule is O=C(NCC(C(c1ncc(Cl)s1)C1CCOCC1)n1ncc2ccc(S(=O)(=O)C3CC3)cc21)c1ccccc1O. The number of fused-ring (bicyclic) bond motifs is 1. The predicted octanol–water partition coefficient (Wildman–Crippen LogP) is 4.97. The molecule has 4 aromatic rings. The maximum Gasteiger partial charge on any atom is 0.255 e. The van der Waals surface area contributed by atoms with Gasteiger partial charge in [-0.25, -0.2) is 13.4 Å². The molecule has 12 heteroatoms. The van der Waals surface area contributed by atoms with Gasteiger partial charge in [-0.3, -0.25) is 9.48 Å². The molecule has 2 fully saturated rings. The Hall–Kier alpha value is -2.99. The number of ether oxygens (including phenoxy) is 1. The van der Waals surface area contributed by atoms with Crippen LogP contribution in [0, 0.1) is 5.92 Å². The van der Waals surface area contributed by atoms with Crippen molar-refractivity contribution in [3.8, 4) is 5.75 Å². The van der Waals surface area contributed by atoms with Gasteiger partial charge in [0.1, 0.15) is 10.1 Å². The lowest BCUT2D eigenvalue weighted by Crippen LogP contribution is -2.37. The first-order chi connectivity index (χ1) is 19.3. The first kappa shape index (κ1) is 27.2. The number of phenolic OH excluding ortho intramolecular Hbond substituents is 1. The van der Waals surface area contributed by atoms with Gasteiger partial charge in [0.05, 0.1) is 44.7 Å². The lowest BCUT2D eigenvalue weighted by molar-refractivity contribution is 0.0497. The lowest BCUT2D eigenvalue weighted by atomic mass is 9.81. The highest BCUT2D eigenvalue weighted by atomic mass is 35.5. The van der Waals surface area contributed by atoms with Crippen molar-refractivity contribution in [2.45, 2.75) is 47.8 Å². The summed E-state index contributed by atoms with van der Waals surface area (Å²) in [5.41, 5.74) is 0.840. The Bertz CT molecular complexity index is 1640. The summed E-state index contributed by atoms with van der Waals surface area (Å²) < 4.78 is 34.2. The molecule has 2 aromatic heterocycles. The van der Waals surface area contributed by atoms with Crippen LogP contribution in [0.15, 0.2) is 59.8 Å². The van der Waals surface area contributed by atoms with Crippen LogP contribution in [0.25, 0.3) is 10.9 Å². The number of nitrogens with zero attached hydrogens (tertiary/aromatic N) is 3. The Morgan fingerprint density at radius 2 is 1.93 bits per heavy atom. The molecule has 2 aliphatic rings. The molecule has 0 radical (unpaired) electrons. The largest absolute Gasteiger partial charge is 0.507 e. The Balaban J connectivity index is 1.44. The van der Waals surface area contributed by atoms with Gasteiger partial charge in [0, 0.05) is 31.1 Å². The molecule has 9 nitrogen and oxygen atoms in total. The van der Waals surface area contributed by atoms with Crippen molar-refractivity contribution >= 4 is 49.6 Å². The van der Waals surface area contributed by atoms with Crippen LogP contribution >= 0.6 is 22.9 Å². The maximum absolute atomic E-state index is 13.2. The van der Waals surface area contributed by atoms with E-state index >= 15 is 0 Å². The second-order valence-corrected chi connectivity index (χ2v) is 14.2. The number of rotatable bonds is 9. The Morgan fingerprint density at radius 3 is 2.62 bits per heavy atom. The number of carbonyl (C=O) groups excluding carboxylic acids is 1. The molecule has 2 unspecified atom stereocenters. The number of aromatic nitrogens is 3. The number of thiazole rings is 1. The van der Waals surface area contributed by atoms with E-state index in [2.05, 4.69) is 10.3 Å². The zero-order valence-electron chi connectivity index (χ0n) is 21.6. The number of hydrogen-bond donors (Lipinski definition) is 2. The summed E-state index contributed by atoms with van der Waals surface area (Å²) in [6.45, 7) is 1.39. The summed E-state index contributed by atoms with van der Waals surface area (Å²) in [5, 5.41) is 19.3. The molecule has 2 aromatic carbocycles. The Labute approximate surface area is 241 Å². The summed E-state index contributed by atoms with van der Waals surface area (Å²) in [4.78, 5) is 18.1. The molecule has 1 aliphatic carbocycles. The van der Waals surface area contributed by atoms with Crippen molar-refractivity contribution in [2.75, 3.05) is 19.8 Å². The molecule has 1 saturated carbocycles. The summed E-state index contributed by atoms with van der Waals surface area (Å²) in [6, 6.07) is 11.1.